The molecule has 0 atom stereocenters. The molecule has 0 aromatic carbocycles. The number of carbonyl (C=O) groups excluding carboxylic acids is 2. The zero-order valence-electron chi connectivity index (χ0n) is 22.4. The zero-order valence-corrected chi connectivity index (χ0v) is 22.4. The summed E-state index contributed by atoms with van der Waals surface area (Å²) in [6, 6.07) is 0. The normalized spacial score (nSPS) is 11.1. The Morgan fingerprint density at radius 3 is 1.03 bits per heavy atom. The van der Waals surface area contributed by atoms with Gasteiger partial charge in [-0.15, -0.1) is 0 Å². The minimum atomic E-state index is -1.56. The van der Waals surface area contributed by atoms with Crippen LogP contribution in [0.2, 0.25) is 0 Å². The van der Waals surface area contributed by atoms with E-state index in [4.69, 9.17) is 52.5 Å². The molecule has 0 saturated carbocycles. The molecule has 0 fully saturated rings. The lowest BCUT2D eigenvalue weighted by Crippen LogP contribution is -2.17. The molecule has 14 heteroatoms. The molecule has 0 heterocycles. The van der Waals surface area contributed by atoms with Crippen LogP contribution < -0.4 is 0 Å². The number of aliphatic carboxylic acids is 1. The zero-order chi connectivity index (χ0) is 27.9. The number of methoxy groups -OCH3 is 1. The summed E-state index contributed by atoms with van der Waals surface area (Å²) in [4.78, 5) is 32.5. The largest absolute Gasteiger partial charge is 0.476 e. The van der Waals surface area contributed by atoms with Crippen LogP contribution in [-0.4, -0.2) is 149 Å². The molecule has 0 bridgehead atoms. The molecule has 0 aromatic heterocycles. The Hall–Kier alpha value is -1.75. The minimum absolute atomic E-state index is 0.0184. The molecule has 0 aliphatic rings. The maximum atomic E-state index is 11.3. The number of hydrogen-bond donors (Lipinski definition) is 1. The fourth-order valence-electron chi connectivity index (χ4n) is 2.39. The third kappa shape index (κ3) is 28.8. The van der Waals surface area contributed by atoms with E-state index < -0.39 is 17.7 Å². The summed E-state index contributed by atoms with van der Waals surface area (Å²) in [6.07, 6.45) is -0.652. The Morgan fingerprint density at radius 1 is 0.447 bits per heavy atom. The van der Waals surface area contributed by atoms with E-state index in [0.717, 1.165) is 0 Å². The summed E-state index contributed by atoms with van der Waals surface area (Å²) in [7, 11) is 1.63. The highest BCUT2D eigenvalue weighted by molar-refractivity contribution is 6.32. The number of carbonyl (C=O) groups is 3. The first-order chi connectivity index (χ1) is 18.6. The van der Waals surface area contributed by atoms with Crippen LogP contribution in [0.4, 0.5) is 0 Å². The number of ketones is 1. The smallest absolute Gasteiger partial charge is 0.372 e. The number of rotatable bonds is 31. The number of hydrogen-bond acceptors (Lipinski definition) is 13. The van der Waals surface area contributed by atoms with Crippen molar-refractivity contribution in [2.75, 3.05) is 126 Å². The molecule has 0 unspecified atom stereocenters. The topological polar surface area (TPSA) is 164 Å². The lowest BCUT2D eigenvalue weighted by Gasteiger charge is -2.09. The van der Waals surface area contributed by atoms with E-state index in [9.17, 15) is 14.4 Å². The second-order valence-corrected chi connectivity index (χ2v) is 7.34. The van der Waals surface area contributed by atoms with Crippen LogP contribution in [0.25, 0.3) is 0 Å². The van der Waals surface area contributed by atoms with Gasteiger partial charge in [-0.3, -0.25) is 9.59 Å². The van der Waals surface area contributed by atoms with Crippen molar-refractivity contribution in [1.82, 2.24) is 0 Å². The van der Waals surface area contributed by atoms with Gasteiger partial charge in [-0.2, -0.15) is 0 Å². The van der Waals surface area contributed by atoms with Gasteiger partial charge in [0, 0.05) is 13.5 Å². The van der Waals surface area contributed by atoms with Crippen molar-refractivity contribution in [2.24, 2.45) is 0 Å². The molecule has 0 amide bonds. The third-order valence-corrected chi connectivity index (χ3v) is 4.32. The summed E-state index contributed by atoms with van der Waals surface area (Å²) in [5, 5.41) is 8.42. The Kier molecular flexibility index (Phi) is 28.4. The molecular formula is C24H44O14. The van der Waals surface area contributed by atoms with E-state index in [1.807, 2.05) is 0 Å². The van der Waals surface area contributed by atoms with Gasteiger partial charge in [0.05, 0.1) is 119 Å². The molecule has 0 radical (unpaired) electrons. The maximum Gasteiger partial charge on any atom is 0.372 e. The van der Waals surface area contributed by atoms with Crippen LogP contribution >= 0.6 is 0 Å². The average molecular weight is 557 g/mol. The lowest BCUT2D eigenvalue weighted by atomic mass is 10.2. The minimum Gasteiger partial charge on any atom is -0.476 e. The summed E-state index contributed by atoms with van der Waals surface area (Å²) in [6.45, 7) is 7.78. The summed E-state index contributed by atoms with van der Waals surface area (Å²) < 4.78 is 52.5. The van der Waals surface area contributed by atoms with Crippen molar-refractivity contribution < 1.29 is 66.9 Å². The summed E-state index contributed by atoms with van der Waals surface area (Å²) in [5.74, 6) is -3.23. The highest BCUT2D eigenvalue weighted by Crippen LogP contribution is 1.95. The van der Waals surface area contributed by atoms with Crippen molar-refractivity contribution in [3.05, 3.63) is 0 Å². The lowest BCUT2D eigenvalue weighted by molar-refractivity contribution is -0.151. The molecule has 14 nitrogen and oxygen atoms in total. The summed E-state index contributed by atoms with van der Waals surface area (Å²) >= 11 is 0. The van der Waals surface area contributed by atoms with Crippen LogP contribution in [-0.2, 0) is 61.8 Å². The highest BCUT2D eigenvalue weighted by atomic mass is 16.6. The molecule has 0 saturated heterocycles. The highest BCUT2D eigenvalue weighted by Gasteiger charge is 2.14. The quantitative estimate of drug-likeness (QED) is 0.0675. The number of esters is 1. The Bertz CT molecular complexity index is 560. The van der Waals surface area contributed by atoms with Gasteiger partial charge >= 0.3 is 11.9 Å². The molecule has 0 aliphatic heterocycles. The van der Waals surface area contributed by atoms with Gasteiger partial charge in [-0.1, -0.05) is 0 Å². The molecule has 1 N–H and O–H groups in total. The molecule has 224 valence electrons. The van der Waals surface area contributed by atoms with Gasteiger partial charge in [0.2, 0.25) is 5.78 Å². The third-order valence-electron chi connectivity index (χ3n) is 4.32. The average Bonchev–Trinajstić information content (AvgIpc) is 2.91. The molecule has 0 spiro atoms. The van der Waals surface area contributed by atoms with Crippen LogP contribution in [0.3, 0.4) is 0 Å². The van der Waals surface area contributed by atoms with E-state index >= 15 is 0 Å². The second-order valence-electron chi connectivity index (χ2n) is 7.34. The Balaban J connectivity index is 3.13. The van der Waals surface area contributed by atoms with Gasteiger partial charge in [0.15, 0.2) is 0 Å². The molecular weight excluding hydrogens is 512 g/mol. The predicted molar refractivity (Wildman–Crippen MR) is 131 cm³/mol. The van der Waals surface area contributed by atoms with E-state index in [1.54, 1.807) is 7.11 Å². The van der Waals surface area contributed by atoms with Crippen molar-refractivity contribution in [3.63, 3.8) is 0 Å². The van der Waals surface area contributed by atoms with Crippen LogP contribution in [0, 0.1) is 0 Å². The molecule has 0 aromatic rings. The van der Waals surface area contributed by atoms with Gasteiger partial charge in [0.1, 0.15) is 6.61 Å². The van der Waals surface area contributed by atoms with Crippen molar-refractivity contribution in [2.45, 2.75) is 12.8 Å². The molecule has 0 rings (SSSR count). The van der Waals surface area contributed by atoms with Gasteiger partial charge in [-0.05, 0) is 0 Å². The van der Waals surface area contributed by atoms with Gasteiger partial charge < -0.3 is 52.5 Å². The van der Waals surface area contributed by atoms with E-state index in [0.29, 0.717) is 106 Å². The monoisotopic (exact) mass is 556 g/mol. The second kappa shape index (κ2) is 29.8. The predicted octanol–water partition coefficient (Wildman–Crippen LogP) is -0.257. The Labute approximate surface area is 224 Å². The first-order valence-corrected chi connectivity index (χ1v) is 12.6. The van der Waals surface area contributed by atoms with E-state index in [2.05, 4.69) is 0 Å². The maximum absolute atomic E-state index is 11.3. The first kappa shape index (κ1) is 36.2. The summed E-state index contributed by atoms with van der Waals surface area (Å²) in [5.41, 5.74) is 0. The fourth-order valence-corrected chi connectivity index (χ4v) is 2.39. The number of carboxylic acid groups (broad SMARTS) is 1. The fraction of sp³-hybridized carbons (Fsp3) is 0.875. The number of carboxylic acids is 1. The van der Waals surface area contributed by atoms with E-state index in [1.165, 1.54) is 0 Å². The Morgan fingerprint density at radius 2 is 0.737 bits per heavy atom. The van der Waals surface area contributed by atoms with Crippen LogP contribution in [0.1, 0.15) is 12.8 Å². The molecule has 0 aliphatic carbocycles. The van der Waals surface area contributed by atoms with Crippen molar-refractivity contribution >= 4 is 17.7 Å². The first-order valence-electron chi connectivity index (χ1n) is 12.6. The van der Waals surface area contributed by atoms with Crippen LogP contribution in [0.5, 0.6) is 0 Å². The number of ether oxygens (including phenoxy) is 10. The van der Waals surface area contributed by atoms with Crippen molar-refractivity contribution in [3.8, 4) is 0 Å². The van der Waals surface area contributed by atoms with E-state index in [-0.39, 0.29) is 26.1 Å². The standard InChI is InChI=1S/C24H44O14/c1-29-4-5-30-6-7-31-8-9-32-10-11-33-12-13-34-14-15-35-16-17-36-18-19-37-20-21-38-23(26)3-2-22(25)24(27)28/h2-21H2,1H3,(H,27,28). The SMILES string of the molecule is COCCOCCOCCOCCOCCOCCOCCOCCOCCOC(=O)CCC(=O)C(=O)O. The number of Topliss-reactive ketones (excluding diaryl/α,β-unsaturated/α-hetero) is 1. The van der Waals surface area contributed by atoms with Gasteiger partial charge in [-0.25, -0.2) is 4.79 Å². The molecule has 38 heavy (non-hydrogen) atoms. The van der Waals surface area contributed by atoms with Gasteiger partial charge in [0.25, 0.3) is 0 Å². The van der Waals surface area contributed by atoms with Crippen LogP contribution in [0.15, 0.2) is 0 Å². The van der Waals surface area contributed by atoms with Crippen molar-refractivity contribution in [1.29, 1.82) is 0 Å².